The Balaban J connectivity index is 2.56. The predicted octanol–water partition coefficient (Wildman–Crippen LogP) is 7.25. The molecule has 1 N–H and O–H groups in total. The fraction of sp³-hybridized carbons (Fsp3) is 0.926. The number of hydrogen-bond acceptors (Lipinski definition) is 3. The molecule has 32 heavy (non-hydrogen) atoms. The van der Waals surface area contributed by atoms with Crippen molar-refractivity contribution in [1.29, 1.82) is 0 Å². The highest BCUT2D eigenvalue weighted by Crippen LogP contribution is 2.24. The summed E-state index contributed by atoms with van der Waals surface area (Å²) in [5.74, 6) is -0.0325. The number of carbonyl (C=O) groups excluding carboxylic acids is 2. The zero-order valence-corrected chi connectivity index (χ0v) is 21.9. The Morgan fingerprint density at radius 2 is 1.12 bits per heavy atom. The first kappa shape index (κ1) is 28.9. The Kier molecular flexibility index (Phi) is 15.7. The topological polar surface area (TPSA) is 52.6 Å². The molecular weight excluding hydrogens is 398 g/mol. The molecule has 3 amide bonds. The van der Waals surface area contributed by atoms with E-state index in [1.807, 2.05) is 6.92 Å². The molecule has 0 bridgehead atoms. The van der Waals surface area contributed by atoms with Crippen molar-refractivity contribution in [2.75, 3.05) is 19.8 Å². The van der Waals surface area contributed by atoms with Gasteiger partial charge >= 0.3 is 6.03 Å². The van der Waals surface area contributed by atoms with Crippen molar-refractivity contribution < 1.29 is 9.59 Å². The lowest BCUT2D eigenvalue weighted by Gasteiger charge is -2.27. The normalized spacial score (nSPS) is 18.7. The van der Waals surface area contributed by atoms with Crippen LogP contribution < -0.4 is 5.32 Å². The standard InChI is InChI=1S/C27H53N3O2/c1-5-8-11-14-16-19-22-29(23-20-17-15-12-9-6-2)24-30-25(31)27(4,28-26(30)32)21-18-13-10-7-3/h5-24H2,1-4H3,(H,28,32). The number of unbranched alkanes of at least 4 members (excludes halogenated alkanes) is 13. The quantitative estimate of drug-likeness (QED) is 0.148. The first-order valence-corrected chi connectivity index (χ1v) is 13.8. The average molecular weight is 452 g/mol. The first-order valence-electron chi connectivity index (χ1n) is 13.8. The lowest BCUT2D eigenvalue weighted by atomic mass is 9.94. The number of nitrogens with one attached hydrogen (secondary N) is 1. The Morgan fingerprint density at radius 1 is 0.688 bits per heavy atom. The van der Waals surface area contributed by atoms with E-state index in [0.29, 0.717) is 6.67 Å². The molecule has 0 spiro atoms. The van der Waals surface area contributed by atoms with Crippen molar-refractivity contribution in [3.63, 3.8) is 0 Å². The molecule has 1 unspecified atom stereocenters. The van der Waals surface area contributed by atoms with Crippen molar-refractivity contribution in [3.8, 4) is 0 Å². The Labute approximate surface area is 199 Å². The number of nitrogens with zero attached hydrogens (tertiary/aromatic N) is 2. The van der Waals surface area contributed by atoms with Gasteiger partial charge in [-0.1, -0.05) is 111 Å². The highest BCUT2D eigenvalue weighted by Gasteiger charge is 2.47. The molecule has 1 saturated heterocycles. The van der Waals surface area contributed by atoms with E-state index in [-0.39, 0.29) is 11.9 Å². The van der Waals surface area contributed by atoms with Gasteiger partial charge in [0.2, 0.25) is 0 Å². The summed E-state index contributed by atoms with van der Waals surface area (Å²) in [5, 5.41) is 3.00. The molecule has 0 saturated carbocycles. The molecule has 5 nitrogen and oxygen atoms in total. The average Bonchev–Trinajstić information content (AvgIpc) is 2.98. The molecule has 5 heteroatoms. The largest absolute Gasteiger partial charge is 0.326 e. The summed E-state index contributed by atoms with van der Waals surface area (Å²) in [5.41, 5.74) is -0.725. The van der Waals surface area contributed by atoms with Crippen LogP contribution in [-0.4, -0.2) is 47.0 Å². The van der Waals surface area contributed by atoms with Gasteiger partial charge in [0.15, 0.2) is 0 Å². The van der Waals surface area contributed by atoms with E-state index in [0.717, 1.165) is 45.2 Å². The molecule has 0 aromatic rings. The lowest BCUT2D eigenvalue weighted by Crippen LogP contribution is -2.45. The highest BCUT2D eigenvalue weighted by atomic mass is 16.2. The van der Waals surface area contributed by atoms with Crippen LogP contribution in [0.2, 0.25) is 0 Å². The highest BCUT2D eigenvalue weighted by molar-refractivity contribution is 6.06. The Bertz CT molecular complexity index is 495. The molecule has 0 aromatic heterocycles. The van der Waals surface area contributed by atoms with Gasteiger partial charge in [0.1, 0.15) is 5.54 Å². The van der Waals surface area contributed by atoms with E-state index < -0.39 is 5.54 Å². The molecule has 188 valence electrons. The molecule has 1 aliphatic heterocycles. The van der Waals surface area contributed by atoms with Crippen LogP contribution in [0.4, 0.5) is 4.79 Å². The van der Waals surface area contributed by atoms with Crippen LogP contribution >= 0.6 is 0 Å². The van der Waals surface area contributed by atoms with Crippen molar-refractivity contribution >= 4 is 11.9 Å². The monoisotopic (exact) mass is 451 g/mol. The van der Waals surface area contributed by atoms with E-state index in [4.69, 9.17) is 0 Å². The van der Waals surface area contributed by atoms with Gasteiger partial charge in [-0.05, 0) is 39.3 Å². The van der Waals surface area contributed by atoms with Crippen LogP contribution in [0.25, 0.3) is 0 Å². The molecule has 1 heterocycles. The summed E-state index contributed by atoms with van der Waals surface area (Å²) in [6.45, 7) is 11.0. The maximum atomic E-state index is 13.1. The molecular formula is C27H53N3O2. The second kappa shape index (κ2) is 17.4. The zero-order valence-electron chi connectivity index (χ0n) is 21.9. The van der Waals surface area contributed by atoms with Crippen LogP contribution in [0.1, 0.15) is 137 Å². The number of carbonyl (C=O) groups is 2. The maximum absolute atomic E-state index is 13.1. The fourth-order valence-electron chi connectivity index (χ4n) is 4.63. The van der Waals surface area contributed by atoms with Crippen LogP contribution in [-0.2, 0) is 4.79 Å². The van der Waals surface area contributed by atoms with Crippen molar-refractivity contribution in [2.24, 2.45) is 0 Å². The van der Waals surface area contributed by atoms with Gasteiger partial charge in [-0.25, -0.2) is 9.69 Å². The minimum Gasteiger partial charge on any atom is -0.323 e. The number of hydrogen-bond donors (Lipinski definition) is 1. The molecule has 0 radical (unpaired) electrons. The van der Waals surface area contributed by atoms with Gasteiger partial charge in [-0.2, -0.15) is 0 Å². The third-order valence-corrected chi connectivity index (χ3v) is 6.87. The molecule has 1 fully saturated rings. The third kappa shape index (κ3) is 11.2. The van der Waals surface area contributed by atoms with Gasteiger partial charge in [-0.15, -0.1) is 0 Å². The lowest BCUT2D eigenvalue weighted by molar-refractivity contribution is -0.132. The molecule has 1 aliphatic rings. The third-order valence-electron chi connectivity index (χ3n) is 6.87. The summed E-state index contributed by atoms with van der Waals surface area (Å²) in [6, 6.07) is -0.205. The van der Waals surface area contributed by atoms with Crippen molar-refractivity contribution in [3.05, 3.63) is 0 Å². The van der Waals surface area contributed by atoms with Gasteiger partial charge in [0.05, 0.1) is 6.67 Å². The van der Waals surface area contributed by atoms with E-state index in [2.05, 4.69) is 31.0 Å². The van der Waals surface area contributed by atoms with Crippen LogP contribution in [0, 0.1) is 0 Å². The molecule has 1 rings (SSSR count). The van der Waals surface area contributed by atoms with E-state index in [9.17, 15) is 9.59 Å². The molecule has 0 aromatic carbocycles. The minimum absolute atomic E-state index is 0.0325. The summed E-state index contributed by atoms with van der Waals surface area (Å²) in [6.07, 6.45) is 20.4. The molecule has 1 atom stereocenters. The number of urea groups is 1. The van der Waals surface area contributed by atoms with Gasteiger partial charge in [0.25, 0.3) is 5.91 Å². The van der Waals surface area contributed by atoms with Crippen molar-refractivity contribution in [2.45, 2.75) is 142 Å². The van der Waals surface area contributed by atoms with E-state index >= 15 is 0 Å². The predicted molar refractivity (Wildman–Crippen MR) is 136 cm³/mol. The zero-order chi connectivity index (χ0) is 23.7. The van der Waals surface area contributed by atoms with Gasteiger partial charge in [-0.3, -0.25) is 9.69 Å². The van der Waals surface area contributed by atoms with E-state index in [1.165, 1.54) is 81.9 Å². The van der Waals surface area contributed by atoms with E-state index in [1.54, 1.807) is 0 Å². The summed E-state index contributed by atoms with van der Waals surface area (Å²) in [7, 11) is 0. The second-order valence-electron chi connectivity index (χ2n) is 10.1. The summed E-state index contributed by atoms with van der Waals surface area (Å²) >= 11 is 0. The summed E-state index contributed by atoms with van der Waals surface area (Å²) in [4.78, 5) is 29.7. The second-order valence-corrected chi connectivity index (χ2v) is 10.1. The number of rotatable bonds is 21. The first-order chi connectivity index (χ1) is 15.5. The SMILES string of the molecule is CCCCCCCCN(CCCCCCCC)CN1C(=O)NC(C)(CCCCCC)C1=O. The Morgan fingerprint density at radius 3 is 1.62 bits per heavy atom. The Hall–Kier alpha value is -1.10. The van der Waals surface area contributed by atoms with Gasteiger partial charge < -0.3 is 5.32 Å². The molecule has 0 aliphatic carbocycles. The smallest absolute Gasteiger partial charge is 0.323 e. The van der Waals surface area contributed by atoms with Gasteiger partial charge in [0, 0.05) is 0 Å². The van der Waals surface area contributed by atoms with Crippen molar-refractivity contribution in [1.82, 2.24) is 15.1 Å². The fourth-order valence-corrected chi connectivity index (χ4v) is 4.63. The maximum Gasteiger partial charge on any atom is 0.326 e. The summed E-state index contributed by atoms with van der Waals surface area (Å²) < 4.78 is 0. The minimum atomic E-state index is -0.725. The van der Waals surface area contributed by atoms with Crippen LogP contribution in [0.5, 0.6) is 0 Å². The van der Waals surface area contributed by atoms with Crippen LogP contribution in [0.3, 0.4) is 0 Å². The number of imide groups is 1. The van der Waals surface area contributed by atoms with Crippen LogP contribution in [0.15, 0.2) is 0 Å². The number of amides is 3.